The second kappa shape index (κ2) is 9.01. The van der Waals surface area contributed by atoms with Gasteiger partial charge in [0.15, 0.2) is 5.13 Å². The van der Waals surface area contributed by atoms with Gasteiger partial charge in [0.1, 0.15) is 0 Å². The van der Waals surface area contributed by atoms with Gasteiger partial charge in [-0.25, -0.2) is 4.98 Å². The number of nitrogens with zero attached hydrogens (tertiary/aromatic N) is 2. The Morgan fingerprint density at radius 3 is 2.52 bits per heavy atom. The normalized spacial score (nSPS) is 11.3. The fourth-order valence-electron chi connectivity index (χ4n) is 2.15. The Bertz CT molecular complexity index is 520. The largest absolute Gasteiger partial charge is 0.333 e. The molecule has 1 rings (SSSR count). The van der Waals surface area contributed by atoms with Crippen molar-refractivity contribution in [1.29, 1.82) is 0 Å². The van der Waals surface area contributed by atoms with Crippen LogP contribution >= 0.6 is 11.3 Å². The lowest BCUT2D eigenvalue weighted by molar-refractivity contribution is -0.136. The van der Waals surface area contributed by atoms with E-state index in [1.807, 2.05) is 27.7 Å². The summed E-state index contributed by atoms with van der Waals surface area (Å²) >= 11 is 1.44. The molecule has 0 spiro atoms. The van der Waals surface area contributed by atoms with Crippen LogP contribution in [0.3, 0.4) is 0 Å². The van der Waals surface area contributed by atoms with Gasteiger partial charge in [-0.3, -0.25) is 9.59 Å². The van der Waals surface area contributed by atoms with E-state index in [-0.39, 0.29) is 23.8 Å². The molecule has 1 aromatic heterocycles. The van der Waals surface area contributed by atoms with E-state index in [2.05, 4.69) is 17.2 Å². The zero-order chi connectivity index (χ0) is 17.5. The highest BCUT2D eigenvalue weighted by Gasteiger charge is 2.23. The molecule has 0 radical (unpaired) electrons. The minimum Gasteiger partial charge on any atom is -0.333 e. The van der Waals surface area contributed by atoms with Gasteiger partial charge in [-0.2, -0.15) is 0 Å². The highest BCUT2D eigenvalue weighted by Crippen LogP contribution is 2.20. The van der Waals surface area contributed by atoms with Crippen molar-refractivity contribution >= 4 is 28.3 Å². The molecule has 130 valence electrons. The summed E-state index contributed by atoms with van der Waals surface area (Å²) in [6, 6.07) is 0. The predicted molar refractivity (Wildman–Crippen MR) is 95.7 cm³/mol. The lowest BCUT2D eigenvalue weighted by Gasteiger charge is -2.26. The summed E-state index contributed by atoms with van der Waals surface area (Å²) in [5.74, 6) is -0.141. The molecule has 0 saturated carbocycles. The topological polar surface area (TPSA) is 62.3 Å². The maximum absolute atomic E-state index is 12.5. The van der Waals surface area contributed by atoms with E-state index in [0.29, 0.717) is 18.1 Å². The van der Waals surface area contributed by atoms with Crippen molar-refractivity contribution in [3.8, 4) is 0 Å². The van der Waals surface area contributed by atoms with Gasteiger partial charge in [-0.1, -0.05) is 40.5 Å². The van der Waals surface area contributed by atoms with Gasteiger partial charge in [0.2, 0.25) is 11.8 Å². The number of thiazole rings is 1. The monoisotopic (exact) mass is 339 g/mol. The van der Waals surface area contributed by atoms with Gasteiger partial charge in [0.05, 0.1) is 6.54 Å². The number of aromatic nitrogens is 1. The molecule has 1 N–H and O–H groups in total. The second-order valence-corrected chi connectivity index (χ2v) is 8.32. The van der Waals surface area contributed by atoms with E-state index >= 15 is 0 Å². The lowest BCUT2D eigenvalue weighted by Crippen LogP contribution is -2.40. The van der Waals surface area contributed by atoms with Crippen LogP contribution in [0, 0.1) is 12.3 Å². The molecule has 0 unspecified atom stereocenters. The van der Waals surface area contributed by atoms with Crippen LogP contribution in [-0.4, -0.2) is 34.8 Å². The first-order valence-electron chi connectivity index (χ1n) is 8.21. The molecule has 0 atom stereocenters. The molecule has 6 heteroatoms. The molecule has 0 aliphatic carbocycles. The van der Waals surface area contributed by atoms with Gasteiger partial charge >= 0.3 is 0 Å². The van der Waals surface area contributed by atoms with E-state index in [4.69, 9.17) is 0 Å². The minimum absolute atomic E-state index is 0.0408. The highest BCUT2D eigenvalue weighted by molar-refractivity contribution is 7.15. The fraction of sp³-hybridized carbons (Fsp3) is 0.706. The molecule has 5 nitrogen and oxygen atoms in total. The van der Waals surface area contributed by atoms with Gasteiger partial charge in [0.25, 0.3) is 0 Å². The van der Waals surface area contributed by atoms with Gasteiger partial charge in [-0.05, 0) is 18.8 Å². The first-order valence-corrected chi connectivity index (χ1v) is 9.03. The molecule has 0 saturated heterocycles. The zero-order valence-electron chi connectivity index (χ0n) is 14.9. The van der Waals surface area contributed by atoms with E-state index in [9.17, 15) is 9.59 Å². The van der Waals surface area contributed by atoms with E-state index in [0.717, 1.165) is 24.1 Å². The highest BCUT2D eigenvalue weighted by atomic mass is 32.1. The Morgan fingerprint density at radius 2 is 2.00 bits per heavy atom. The van der Waals surface area contributed by atoms with Gasteiger partial charge in [0, 0.05) is 24.0 Å². The third kappa shape index (κ3) is 8.11. The number of rotatable bonds is 8. The number of carbonyl (C=O) groups excluding carboxylic acids is 2. The Morgan fingerprint density at radius 1 is 1.30 bits per heavy atom. The van der Waals surface area contributed by atoms with Crippen LogP contribution in [0.1, 0.15) is 58.3 Å². The van der Waals surface area contributed by atoms with Crippen molar-refractivity contribution < 1.29 is 9.59 Å². The molecule has 0 fully saturated rings. The second-order valence-electron chi connectivity index (χ2n) is 7.08. The Kier molecular flexibility index (Phi) is 7.68. The Labute approximate surface area is 143 Å². The number of unbranched alkanes of at least 4 members (excludes halogenated alkanes) is 2. The molecule has 0 aliphatic heterocycles. The predicted octanol–water partition coefficient (Wildman–Crippen LogP) is 3.85. The summed E-state index contributed by atoms with van der Waals surface area (Å²) in [5, 5.41) is 3.36. The van der Waals surface area contributed by atoms with Crippen molar-refractivity contribution in [3.63, 3.8) is 0 Å². The van der Waals surface area contributed by atoms with Crippen LogP contribution in [0.5, 0.6) is 0 Å². The summed E-state index contributed by atoms with van der Waals surface area (Å²) in [6.45, 7) is 10.9. The van der Waals surface area contributed by atoms with Crippen LogP contribution in [-0.2, 0) is 9.59 Å². The SMILES string of the molecule is CCCCCN(CC(=O)Nc1ncc(C)s1)C(=O)CC(C)(C)C. The van der Waals surface area contributed by atoms with Crippen molar-refractivity contribution in [2.45, 2.75) is 60.3 Å². The summed E-state index contributed by atoms with van der Waals surface area (Å²) in [7, 11) is 0. The Balaban J connectivity index is 2.63. The average molecular weight is 340 g/mol. The molecule has 1 heterocycles. The summed E-state index contributed by atoms with van der Waals surface area (Å²) in [5.41, 5.74) is -0.0804. The molecule has 0 aromatic carbocycles. The van der Waals surface area contributed by atoms with Crippen molar-refractivity contribution in [3.05, 3.63) is 11.1 Å². The number of amides is 2. The first kappa shape index (κ1) is 19.6. The third-order valence-corrected chi connectivity index (χ3v) is 4.10. The number of carbonyl (C=O) groups is 2. The van der Waals surface area contributed by atoms with Crippen molar-refractivity contribution in [2.75, 3.05) is 18.4 Å². The van der Waals surface area contributed by atoms with E-state index < -0.39 is 0 Å². The smallest absolute Gasteiger partial charge is 0.245 e. The number of anilines is 1. The molecule has 0 bridgehead atoms. The molecule has 2 amide bonds. The van der Waals surface area contributed by atoms with Crippen LogP contribution in [0.2, 0.25) is 0 Å². The van der Waals surface area contributed by atoms with Gasteiger partial charge < -0.3 is 10.2 Å². The minimum atomic E-state index is -0.182. The number of hydrogen-bond acceptors (Lipinski definition) is 4. The molecule has 1 aromatic rings. The van der Waals surface area contributed by atoms with Crippen molar-refractivity contribution in [2.24, 2.45) is 5.41 Å². The standard InChI is InChI=1S/C17H29N3O2S/c1-6-7-8-9-20(15(22)10-17(3,4)5)12-14(21)19-16-18-11-13(2)23-16/h11H,6-10,12H2,1-5H3,(H,18,19,21). The van der Waals surface area contributed by atoms with Crippen molar-refractivity contribution in [1.82, 2.24) is 9.88 Å². The fourth-order valence-corrected chi connectivity index (χ4v) is 2.84. The lowest BCUT2D eigenvalue weighted by atomic mass is 9.91. The van der Waals surface area contributed by atoms with Crippen LogP contribution in [0.15, 0.2) is 6.20 Å². The molecule has 0 aliphatic rings. The molecular formula is C17H29N3O2S. The van der Waals surface area contributed by atoms with Crippen LogP contribution in [0.25, 0.3) is 0 Å². The molecule has 23 heavy (non-hydrogen) atoms. The summed E-state index contributed by atoms with van der Waals surface area (Å²) in [4.78, 5) is 31.5. The van der Waals surface area contributed by atoms with Crippen LogP contribution < -0.4 is 5.32 Å². The maximum atomic E-state index is 12.5. The zero-order valence-corrected chi connectivity index (χ0v) is 15.8. The van der Waals surface area contributed by atoms with E-state index in [1.54, 1.807) is 11.1 Å². The summed E-state index contributed by atoms with van der Waals surface area (Å²) < 4.78 is 0. The van der Waals surface area contributed by atoms with Crippen LogP contribution in [0.4, 0.5) is 5.13 Å². The summed E-state index contributed by atoms with van der Waals surface area (Å²) in [6.07, 6.45) is 5.25. The average Bonchev–Trinajstić information content (AvgIpc) is 2.81. The number of hydrogen-bond donors (Lipinski definition) is 1. The number of nitrogens with one attached hydrogen (secondary N) is 1. The van der Waals surface area contributed by atoms with Gasteiger partial charge in [-0.15, -0.1) is 11.3 Å². The third-order valence-electron chi connectivity index (χ3n) is 3.27. The number of aryl methyl sites for hydroxylation is 1. The Hall–Kier alpha value is -1.43. The molecular weight excluding hydrogens is 310 g/mol. The first-order chi connectivity index (χ1) is 10.7. The quantitative estimate of drug-likeness (QED) is 0.732. The van der Waals surface area contributed by atoms with E-state index in [1.165, 1.54) is 11.3 Å². The maximum Gasteiger partial charge on any atom is 0.245 e.